The number of nitrogens with one attached hydrogen (secondary N) is 2. The Morgan fingerprint density at radius 2 is 2.22 bits per heavy atom. The van der Waals surface area contributed by atoms with E-state index in [1.807, 2.05) is 25.3 Å². The maximum Gasteiger partial charge on any atom is 0.191 e. The van der Waals surface area contributed by atoms with E-state index in [2.05, 4.69) is 38.5 Å². The zero-order valence-electron chi connectivity index (χ0n) is 14.2. The van der Waals surface area contributed by atoms with Crippen molar-refractivity contribution in [1.82, 2.24) is 15.6 Å². The van der Waals surface area contributed by atoms with Crippen LogP contribution >= 0.6 is 0 Å². The number of guanidine groups is 1. The van der Waals surface area contributed by atoms with Crippen LogP contribution in [0.15, 0.2) is 29.4 Å². The molecule has 1 fully saturated rings. The Morgan fingerprint density at radius 1 is 1.43 bits per heavy atom. The number of aromatic nitrogens is 1. The van der Waals surface area contributed by atoms with Crippen molar-refractivity contribution in [2.75, 3.05) is 37.7 Å². The maximum absolute atomic E-state index is 9.11. The van der Waals surface area contributed by atoms with Crippen molar-refractivity contribution >= 4 is 11.8 Å². The molecule has 6 nitrogen and oxygen atoms in total. The van der Waals surface area contributed by atoms with Crippen molar-refractivity contribution < 1.29 is 5.11 Å². The Bertz CT molecular complexity index is 471. The van der Waals surface area contributed by atoms with Gasteiger partial charge in [0.15, 0.2) is 5.96 Å². The topological polar surface area (TPSA) is 72.8 Å². The lowest BCUT2D eigenvalue weighted by molar-refractivity contribution is 0.241. The van der Waals surface area contributed by atoms with Crippen LogP contribution in [-0.4, -0.2) is 54.9 Å². The summed E-state index contributed by atoms with van der Waals surface area (Å²) < 4.78 is 0. The quantitative estimate of drug-likeness (QED) is 0.543. The molecule has 2 rings (SSSR count). The van der Waals surface area contributed by atoms with Crippen molar-refractivity contribution in [3.05, 3.63) is 24.4 Å². The molecule has 0 radical (unpaired) electrons. The number of aliphatic hydroxyl groups excluding tert-OH is 1. The summed E-state index contributed by atoms with van der Waals surface area (Å²) in [4.78, 5) is 11.3. The molecule has 1 aliphatic rings. The van der Waals surface area contributed by atoms with Crippen LogP contribution in [0.1, 0.15) is 26.7 Å². The summed E-state index contributed by atoms with van der Waals surface area (Å²) in [5, 5.41) is 15.9. The monoisotopic (exact) mass is 319 g/mol. The van der Waals surface area contributed by atoms with Gasteiger partial charge in [0.25, 0.3) is 0 Å². The van der Waals surface area contributed by atoms with Crippen LogP contribution in [0.2, 0.25) is 0 Å². The van der Waals surface area contributed by atoms with Crippen molar-refractivity contribution in [2.24, 2.45) is 10.9 Å². The Kier molecular flexibility index (Phi) is 7.13. The molecule has 1 aliphatic heterocycles. The highest BCUT2D eigenvalue weighted by Crippen LogP contribution is 2.17. The highest BCUT2D eigenvalue weighted by Gasteiger charge is 2.20. The normalized spacial score (nSPS) is 17.9. The standard InChI is InChI=1S/C17H29N5O/c1-3-18-17(20-12-14(2)13-23)21-15-7-10-22(11-8-15)16-6-4-5-9-19-16/h4-6,9,14-15,23H,3,7-8,10-13H2,1-2H3,(H2,18,20,21). The smallest absolute Gasteiger partial charge is 0.191 e. The molecule has 0 bridgehead atoms. The van der Waals surface area contributed by atoms with Gasteiger partial charge in [0.2, 0.25) is 0 Å². The molecule has 0 spiro atoms. The number of aliphatic imine (C=N–C) groups is 1. The van der Waals surface area contributed by atoms with E-state index >= 15 is 0 Å². The molecular weight excluding hydrogens is 290 g/mol. The number of pyridine rings is 1. The van der Waals surface area contributed by atoms with Gasteiger partial charge < -0.3 is 20.6 Å². The summed E-state index contributed by atoms with van der Waals surface area (Å²) in [6, 6.07) is 6.47. The number of anilines is 1. The van der Waals surface area contributed by atoms with Crippen LogP contribution in [0.3, 0.4) is 0 Å². The molecular formula is C17H29N5O. The largest absolute Gasteiger partial charge is 0.396 e. The number of hydrogen-bond donors (Lipinski definition) is 3. The van der Waals surface area contributed by atoms with E-state index in [-0.39, 0.29) is 12.5 Å². The van der Waals surface area contributed by atoms with Crippen LogP contribution < -0.4 is 15.5 Å². The van der Waals surface area contributed by atoms with Gasteiger partial charge in [-0.1, -0.05) is 13.0 Å². The summed E-state index contributed by atoms with van der Waals surface area (Å²) in [5.74, 6) is 2.10. The summed E-state index contributed by atoms with van der Waals surface area (Å²) in [7, 11) is 0. The fourth-order valence-corrected chi connectivity index (χ4v) is 2.61. The zero-order chi connectivity index (χ0) is 16.5. The maximum atomic E-state index is 9.11. The van der Waals surface area contributed by atoms with E-state index < -0.39 is 0 Å². The lowest BCUT2D eigenvalue weighted by Crippen LogP contribution is -2.49. The highest BCUT2D eigenvalue weighted by atomic mass is 16.3. The first-order chi connectivity index (χ1) is 11.2. The third kappa shape index (κ3) is 5.71. The number of rotatable bonds is 6. The molecule has 2 heterocycles. The van der Waals surface area contributed by atoms with E-state index in [9.17, 15) is 0 Å². The van der Waals surface area contributed by atoms with Crippen molar-refractivity contribution in [1.29, 1.82) is 0 Å². The summed E-state index contributed by atoms with van der Waals surface area (Å²) in [6.45, 7) is 7.72. The molecule has 3 N–H and O–H groups in total. The van der Waals surface area contributed by atoms with Gasteiger partial charge in [-0.05, 0) is 37.8 Å². The molecule has 1 saturated heterocycles. The van der Waals surface area contributed by atoms with Crippen LogP contribution in [-0.2, 0) is 0 Å². The lowest BCUT2D eigenvalue weighted by Gasteiger charge is -2.33. The number of nitrogens with zero attached hydrogens (tertiary/aromatic N) is 3. The van der Waals surface area contributed by atoms with E-state index in [0.29, 0.717) is 12.6 Å². The van der Waals surface area contributed by atoms with E-state index in [4.69, 9.17) is 5.11 Å². The third-order valence-corrected chi connectivity index (χ3v) is 4.03. The molecule has 128 valence electrons. The van der Waals surface area contributed by atoms with Crippen LogP contribution in [0.5, 0.6) is 0 Å². The van der Waals surface area contributed by atoms with Crippen molar-refractivity contribution in [3.8, 4) is 0 Å². The summed E-state index contributed by atoms with van der Waals surface area (Å²) in [5.41, 5.74) is 0. The first-order valence-electron chi connectivity index (χ1n) is 8.54. The molecule has 23 heavy (non-hydrogen) atoms. The van der Waals surface area contributed by atoms with Gasteiger partial charge in [0.05, 0.1) is 0 Å². The molecule has 0 aliphatic carbocycles. The van der Waals surface area contributed by atoms with E-state index in [0.717, 1.165) is 44.3 Å². The van der Waals surface area contributed by atoms with Crippen molar-refractivity contribution in [3.63, 3.8) is 0 Å². The SMILES string of the molecule is CCNC(=NCC(C)CO)NC1CCN(c2ccccn2)CC1. The van der Waals surface area contributed by atoms with Gasteiger partial charge in [0.1, 0.15) is 5.82 Å². The lowest BCUT2D eigenvalue weighted by atomic mass is 10.1. The van der Waals surface area contributed by atoms with Gasteiger partial charge >= 0.3 is 0 Å². The fraction of sp³-hybridized carbons (Fsp3) is 0.647. The van der Waals surface area contributed by atoms with Gasteiger partial charge in [-0.15, -0.1) is 0 Å². The second kappa shape index (κ2) is 9.35. The number of hydrogen-bond acceptors (Lipinski definition) is 4. The summed E-state index contributed by atoms with van der Waals surface area (Å²) in [6.07, 6.45) is 3.98. The highest BCUT2D eigenvalue weighted by molar-refractivity contribution is 5.80. The Balaban J connectivity index is 1.83. The van der Waals surface area contributed by atoms with Gasteiger partial charge in [0, 0.05) is 45.0 Å². The molecule has 0 saturated carbocycles. The Labute approximate surface area is 139 Å². The molecule has 1 atom stereocenters. The molecule has 0 amide bonds. The minimum Gasteiger partial charge on any atom is -0.396 e. The molecule has 0 aromatic carbocycles. The van der Waals surface area contributed by atoms with E-state index in [1.165, 1.54) is 0 Å². The van der Waals surface area contributed by atoms with Crippen LogP contribution in [0.4, 0.5) is 5.82 Å². The first kappa shape index (κ1) is 17.5. The zero-order valence-corrected chi connectivity index (χ0v) is 14.2. The Hall–Kier alpha value is -1.82. The van der Waals surface area contributed by atoms with Gasteiger partial charge in [-0.25, -0.2) is 4.98 Å². The molecule has 6 heteroatoms. The average Bonchev–Trinajstić information content (AvgIpc) is 2.61. The number of aliphatic hydroxyl groups is 1. The van der Waals surface area contributed by atoms with Gasteiger partial charge in [-0.2, -0.15) is 0 Å². The predicted octanol–water partition coefficient (Wildman–Crippen LogP) is 1.23. The predicted molar refractivity (Wildman–Crippen MR) is 94.8 cm³/mol. The van der Waals surface area contributed by atoms with Crippen molar-refractivity contribution in [2.45, 2.75) is 32.7 Å². The van der Waals surface area contributed by atoms with Crippen LogP contribution in [0.25, 0.3) is 0 Å². The Morgan fingerprint density at radius 3 is 2.83 bits per heavy atom. The first-order valence-corrected chi connectivity index (χ1v) is 8.54. The van der Waals surface area contributed by atoms with E-state index in [1.54, 1.807) is 0 Å². The number of piperidine rings is 1. The third-order valence-electron chi connectivity index (χ3n) is 4.03. The minimum atomic E-state index is 0.172. The fourth-order valence-electron chi connectivity index (χ4n) is 2.61. The molecule has 1 aromatic rings. The van der Waals surface area contributed by atoms with Gasteiger partial charge in [-0.3, -0.25) is 4.99 Å². The second-order valence-corrected chi connectivity index (χ2v) is 6.10. The summed E-state index contributed by atoms with van der Waals surface area (Å²) >= 11 is 0. The van der Waals surface area contributed by atoms with Crippen LogP contribution in [0, 0.1) is 5.92 Å². The minimum absolute atomic E-state index is 0.172. The molecule has 1 aromatic heterocycles. The average molecular weight is 319 g/mol. The second-order valence-electron chi connectivity index (χ2n) is 6.10. The molecule has 1 unspecified atom stereocenters.